The van der Waals surface area contributed by atoms with E-state index in [4.69, 9.17) is 49.0 Å². The summed E-state index contributed by atoms with van der Waals surface area (Å²) in [6.07, 6.45) is 1.78. The summed E-state index contributed by atoms with van der Waals surface area (Å²) in [4.78, 5) is 34.4. The molecule has 8 nitrogen and oxygen atoms in total. The van der Waals surface area contributed by atoms with E-state index in [1.54, 1.807) is 49.8 Å². The Morgan fingerprint density at radius 1 is 1.07 bits per heavy atom. The van der Waals surface area contributed by atoms with Gasteiger partial charge in [0.15, 0.2) is 10.6 Å². The monoisotopic (exact) mass is 685 g/mol. The molecule has 0 radical (unpaired) electrons. The first kappa shape index (κ1) is 32.6. The fraction of sp³-hybridized carbons (Fsp3) is 0.242. The third kappa shape index (κ3) is 6.77. The average Bonchev–Trinajstić information content (AvgIpc) is 3.29. The molecule has 234 valence electrons. The topological polar surface area (TPSA) is 82.4 Å². The number of halogens is 3. The molecule has 0 aliphatic carbocycles. The van der Waals surface area contributed by atoms with Crippen LogP contribution in [-0.4, -0.2) is 38.3 Å². The number of anilines is 1. The highest BCUT2D eigenvalue weighted by Gasteiger charge is 2.33. The Morgan fingerprint density at radius 3 is 2.38 bits per heavy atom. The van der Waals surface area contributed by atoms with E-state index in [0.717, 1.165) is 16.8 Å². The van der Waals surface area contributed by atoms with Crippen molar-refractivity contribution >= 4 is 63.9 Å². The first-order valence-corrected chi connectivity index (χ1v) is 15.9. The molecule has 0 saturated carbocycles. The smallest absolute Gasteiger partial charge is 0.338 e. The van der Waals surface area contributed by atoms with Crippen LogP contribution in [0.1, 0.15) is 36.6 Å². The van der Waals surface area contributed by atoms with E-state index in [1.807, 2.05) is 55.4 Å². The number of rotatable bonds is 9. The summed E-state index contributed by atoms with van der Waals surface area (Å²) >= 11 is 19.9. The predicted octanol–water partition coefficient (Wildman–Crippen LogP) is 6.41. The number of hydrogen-bond acceptors (Lipinski definition) is 8. The standard InChI is InChI=1S/C33H30Cl3N3O5S/c1-6-43-32(41)28-18(2)37-33-39(29(28)20-8-10-23(11-9-20)38(3)4)31(40)27(45-33)14-19-7-12-26(42-5)21(13-19)17-44-30-24(35)15-22(34)16-25(30)36/h7-16,29H,6,17H2,1-5H3/t29-/m1/s1. The van der Waals surface area contributed by atoms with E-state index in [2.05, 4.69) is 4.99 Å². The molecule has 1 aromatic heterocycles. The SMILES string of the molecule is CCOC(=O)C1=C(C)N=c2sc(=Cc3ccc(OC)c(COc4c(Cl)cc(Cl)cc4Cl)c3)c(=O)n2[C@@H]1c1ccc(N(C)C)cc1. The van der Waals surface area contributed by atoms with Gasteiger partial charge in [-0.25, -0.2) is 9.79 Å². The van der Waals surface area contributed by atoms with Gasteiger partial charge in [-0.15, -0.1) is 0 Å². The Morgan fingerprint density at radius 2 is 1.76 bits per heavy atom. The van der Waals surface area contributed by atoms with Gasteiger partial charge >= 0.3 is 5.97 Å². The summed E-state index contributed by atoms with van der Waals surface area (Å²) in [6, 6.07) is 15.7. The fourth-order valence-corrected chi connectivity index (χ4v) is 7.00. The van der Waals surface area contributed by atoms with Crippen molar-refractivity contribution < 1.29 is 19.0 Å². The second kappa shape index (κ2) is 13.7. The number of methoxy groups -OCH3 is 1. The maximum Gasteiger partial charge on any atom is 0.338 e. The Labute approximate surface area is 279 Å². The Balaban J connectivity index is 1.57. The molecule has 0 saturated heterocycles. The van der Waals surface area contributed by atoms with E-state index in [0.29, 0.717) is 42.7 Å². The van der Waals surface area contributed by atoms with E-state index in [-0.39, 0.29) is 28.8 Å². The zero-order valence-electron chi connectivity index (χ0n) is 25.2. The summed E-state index contributed by atoms with van der Waals surface area (Å²) in [6.45, 7) is 3.81. The lowest BCUT2D eigenvalue weighted by Gasteiger charge is -2.25. The van der Waals surface area contributed by atoms with Crippen molar-refractivity contribution in [1.82, 2.24) is 4.57 Å². The number of ether oxygens (including phenoxy) is 3. The number of aromatic nitrogens is 1. The molecule has 2 heterocycles. The zero-order chi connectivity index (χ0) is 32.4. The van der Waals surface area contributed by atoms with Crippen molar-refractivity contribution in [2.45, 2.75) is 26.5 Å². The number of carbonyl (C=O) groups excluding carboxylic acids is 1. The number of esters is 1. The molecule has 1 aliphatic rings. The minimum atomic E-state index is -0.702. The highest BCUT2D eigenvalue weighted by molar-refractivity contribution is 7.07. The van der Waals surface area contributed by atoms with Gasteiger partial charge in [-0.05, 0) is 67.4 Å². The lowest BCUT2D eigenvalue weighted by Crippen LogP contribution is -2.39. The molecule has 3 aromatic carbocycles. The first-order chi connectivity index (χ1) is 21.5. The van der Waals surface area contributed by atoms with Crippen molar-refractivity contribution in [3.05, 3.63) is 117 Å². The zero-order valence-corrected chi connectivity index (χ0v) is 28.3. The molecule has 0 amide bonds. The predicted molar refractivity (Wildman–Crippen MR) is 180 cm³/mol. The van der Waals surface area contributed by atoms with E-state index < -0.39 is 12.0 Å². The van der Waals surface area contributed by atoms with Crippen LogP contribution in [0.25, 0.3) is 6.08 Å². The number of carbonyl (C=O) groups is 1. The highest BCUT2D eigenvalue weighted by atomic mass is 35.5. The minimum Gasteiger partial charge on any atom is -0.496 e. The molecule has 1 aliphatic heterocycles. The molecule has 5 rings (SSSR count). The average molecular weight is 687 g/mol. The summed E-state index contributed by atoms with van der Waals surface area (Å²) in [5, 5.41) is 0.968. The van der Waals surface area contributed by atoms with Gasteiger partial charge in [0.2, 0.25) is 0 Å². The molecule has 0 fully saturated rings. The summed E-state index contributed by atoms with van der Waals surface area (Å²) in [7, 11) is 5.46. The summed E-state index contributed by atoms with van der Waals surface area (Å²) in [5.74, 6) is 0.385. The third-order valence-electron chi connectivity index (χ3n) is 7.18. The maximum absolute atomic E-state index is 14.0. The largest absolute Gasteiger partial charge is 0.496 e. The lowest BCUT2D eigenvalue weighted by molar-refractivity contribution is -0.139. The molecule has 1 atom stereocenters. The van der Waals surface area contributed by atoms with Gasteiger partial charge in [-0.1, -0.05) is 64.3 Å². The van der Waals surface area contributed by atoms with Crippen LogP contribution >= 0.6 is 46.1 Å². The Bertz CT molecular complexity index is 1960. The number of allylic oxidation sites excluding steroid dienone is 1. The van der Waals surface area contributed by atoms with Gasteiger partial charge in [0.1, 0.15) is 12.4 Å². The number of hydrogen-bond donors (Lipinski definition) is 0. The molecular weight excluding hydrogens is 657 g/mol. The van der Waals surface area contributed by atoms with Gasteiger partial charge in [0, 0.05) is 30.4 Å². The van der Waals surface area contributed by atoms with Crippen molar-refractivity contribution in [2.75, 3.05) is 32.7 Å². The van der Waals surface area contributed by atoms with Crippen LogP contribution in [0.15, 0.2) is 75.7 Å². The van der Waals surface area contributed by atoms with Gasteiger partial charge < -0.3 is 19.1 Å². The molecule has 45 heavy (non-hydrogen) atoms. The van der Waals surface area contributed by atoms with Crippen LogP contribution in [0, 0.1) is 0 Å². The molecule has 0 bridgehead atoms. The number of nitrogens with zero attached hydrogens (tertiary/aromatic N) is 3. The van der Waals surface area contributed by atoms with Crippen LogP contribution in [0.2, 0.25) is 15.1 Å². The fourth-order valence-electron chi connectivity index (χ4n) is 5.03. The third-order valence-corrected chi connectivity index (χ3v) is 8.94. The van der Waals surface area contributed by atoms with Crippen molar-refractivity contribution in [1.29, 1.82) is 0 Å². The lowest BCUT2D eigenvalue weighted by atomic mass is 9.95. The van der Waals surface area contributed by atoms with Crippen molar-refractivity contribution in [3.63, 3.8) is 0 Å². The van der Waals surface area contributed by atoms with Gasteiger partial charge in [-0.3, -0.25) is 9.36 Å². The van der Waals surface area contributed by atoms with Crippen LogP contribution in [-0.2, 0) is 16.1 Å². The van der Waals surface area contributed by atoms with Gasteiger partial charge in [0.05, 0.1) is 45.6 Å². The first-order valence-electron chi connectivity index (χ1n) is 13.9. The molecule has 0 N–H and O–H groups in total. The van der Waals surface area contributed by atoms with Crippen LogP contribution in [0.3, 0.4) is 0 Å². The van der Waals surface area contributed by atoms with E-state index >= 15 is 0 Å². The quantitative estimate of drug-likeness (QED) is 0.189. The van der Waals surface area contributed by atoms with Crippen LogP contribution in [0.5, 0.6) is 11.5 Å². The Hall–Kier alpha value is -3.76. The second-order valence-corrected chi connectivity index (χ2v) is 12.6. The summed E-state index contributed by atoms with van der Waals surface area (Å²) in [5.41, 5.74) is 3.77. The minimum absolute atomic E-state index is 0.0955. The number of fused-ring (bicyclic) bond motifs is 1. The summed E-state index contributed by atoms with van der Waals surface area (Å²) < 4.78 is 18.9. The van der Waals surface area contributed by atoms with Crippen LogP contribution < -0.4 is 29.3 Å². The van der Waals surface area contributed by atoms with E-state index in [1.165, 1.54) is 11.3 Å². The van der Waals surface area contributed by atoms with Crippen molar-refractivity contribution in [2.24, 2.45) is 4.99 Å². The van der Waals surface area contributed by atoms with Gasteiger partial charge in [0.25, 0.3) is 5.56 Å². The molecular formula is C33H30Cl3N3O5S. The van der Waals surface area contributed by atoms with Gasteiger partial charge in [-0.2, -0.15) is 0 Å². The van der Waals surface area contributed by atoms with Crippen molar-refractivity contribution in [3.8, 4) is 11.5 Å². The molecule has 0 unspecified atom stereocenters. The second-order valence-electron chi connectivity index (χ2n) is 10.3. The normalized spacial score (nSPS) is 14.6. The van der Waals surface area contributed by atoms with Crippen LogP contribution in [0.4, 0.5) is 5.69 Å². The molecule has 12 heteroatoms. The maximum atomic E-state index is 14.0. The van der Waals surface area contributed by atoms with E-state index in [9.17, 15) is 9.59 Å². The Kier molecular flexibility index (Phi) is 9.94. The number of thiazole rings is 1. The molecule has 4 aromatic rings. The highest BCUT2D eigenvalue weighted by Crippen LogP contribution is 2.37. The number of benzene rings is 3. The molecule has 0 spiro atoms.